The van der Waals surface area contributed by atoms with Crippen molar-refractivity contribution >= 4 is 11.7 Å². The SMILES string of the molecule is NC(=O)c1ncc(-c2ccc(NCC3(c4ncccc4F)CCC3)nn2)o1. The van der Waals surface area contributed by atoms with Crippen molar-refractivity contribution in [2.45, 2.75) is 24.7 Å². The largest absolute Gasteiger partial charge is 0.431 e. The lowest BCUT2D eigenvalue weighted by Gasteiger charge is -2.41. The Morgan fingerprint density at radius 3 is 2.70 bits per heavy atom. The normalized spacial score (nSPS) is 15.1. The van der Waals surface area contributed by atoms with Crippen molar-refractivity contribution in [3.8, 4) is 11.5 Å². The number of hydrogen-bond acceptors (Lipinski definition) is 7. The third-order valence-electron chi connectivity index (χ3n) is 4.81. The maximum atomic E-state index is 14.2. The zero-order valence-corrected chi connectivity index (χ0v) is 14.4. The topological polar surface area (TPSA) is 120 Å². The molecule has 1 fully saturated rings. The minimum Gasteiger partial charge on any atom is -0.431 e. The number of nitrogens with one attached hydrogen (secondary N) is 1. The maximum absolute atomic E-state index is 14.2. The lowest BCUT2D eigenvalue weighted by Crippen LogP contribution is -2.42. The average Bonchev–Trinajstić information content (AvgIpc) is 3.13. The Morgan fingerprint density at radius 2 is 2.11 bits per heavy atom. The summed E-state index contributed by atoms with van der Waals surface area (Å²) in [6.45, 7) is 0.517. The fourth-order valence-electron chi connectivity index (χ4n) is 3.20. The third-order valence-corrected chi connectivity index (χ3v) is 4.81. The molecule has 0 spiro atoms. The molecule has 4 rings (SSSR count). The minimum absolute atomic E-state index is 0.182. The van der Waals surface area contributed by atoms with E-state index in [1.807, 2.05) is 0 Å². The quantitative estimate of drug-likeness (QED) is 0.685. The molecule has 3 aromatic heterocycles. The first-order valence-corrected chi connectivity index (χ1v) is 8.52. The van der Waals surface area contributed by atoms with Crippen LogP contribution in [0.4, 0.5) is 10.2 Å². The van der Waals surface area contributed by atoms with Crippen LogP contribution < -0.4 is 11.1 Å². The fourth-order valence-corrected chi connectivity index (χ4v) is 3.20. The molecule has 1 saturated carbocycles. The predicted molar refractivity (Wildman–Crippen MR) is 94.3 cm³/mol. The molecule has 1 aliphatic carbocycles. The zero-order chi connectivity index (χ0) is 18.9. The Bertz CT molecular complexity index is 968. The lowest BCUT2D eigenvalue weighted by atomic mass is 9.66. The molecule has 1 amide bonds. The second-order valence-electron chi connectivity index (χ2n) is 6.52. The Morgan fingerprint density at radius 1 is 1.26 bits per heavy atom. The Hall–Kier alpha value is -3.36. The molecule has 3 aromatic rings. The summed E-state index contributed by atoms with van der Waals surface area (Å²) >= 11 is 0. The van der Waals surface area contributed by atoms with E-state index in [2.05, 4.69) is 25.5 Å². The van der Waals surface area contributed by atoms with Crippen LogP contribution in [0.2, 0.25) is 0 Å². The summed E-state index contributed by atoms with van der Waals surface area (Å²) in [7, 11) is 0. The highest BCUT2D eigenvalue weighted by Gasteiger charge is 2.41. The number of aromatic nitrogens is 4. The van der Waals surface area contributed by atoms with E-state index in [1.165, 1.54) is 12.3 Å². The monoisotopic (exact) mass is 368 g/mol. The van der Waals surface area contributed by atoms with Crippen LogP contribution in [0.25, 0.3) is 11.5 Å². The van der Waals surface area contributed by atoms with Gasteiger partial charge >= 0.3 is 5.91 Å². The number of nitrogens with zero attached hydrogens (tertiary/aromatic N) is 4. The van der Waals surface area contributed by atoms with Crippen LogP contribution in [0.1, 0.15) is 35.6 Å². The van der Waals surface area contributed by atoms with E-state index in [0.29, 0.717) is 29.5 Å². The fraction of sp³-hybridized carbons (Fsp3) is 0.278. The molecule has 3 N–H and O–H groups in total. The van der Waals surface area contributed by atoms with Crippen LogP contribution in [0.3, 0.4) is 0 Å². The van der Waals surface area contributed by atoms with Gasteiger partial charge in [0.25, 0.3) is 5.89 Å². The molecular weight excluding hydrogens is 351 g/mol. The average molecular weight is 368 g/mol. The second-order valence-corrected chi connectivity index (χ2v) is 6.52. The highest BCUT2D eigenvalue weighted by Crippen LogP contribution is 2.43. The summed E-state index contributed by atoms with van der Waals surface area (Å²) in [6, 6.07) is 6.45. The molecule has 27 heavy (non-hydrogen) atoms. The molecule has 1 aliphatic rings. The van der Waals surface area contributed by atoms with Crippen molar-refractivity contribution in [2.75, 3.05) is 11.9 Å². The van der Waals surface area contributed by atoms with E-state index in [1.54, 1.807) is 24.4 Å². The minimum atomic E-state index is -0.750. The van der Waals surface area contributed by atoms with Gasteiger partial charge in [-0.1, -0.05) is 6.42 Å². The highest BCUT2D eigenvalue weighted by atomic mass is 19.1. The highest BCUT2D eigenvalue weighted by molar-refractivity contribution is 5.88. The molecule has 8 nitrogen and oxygen atoms in total. The number of anilines is 1. The van der Waals surface area contributed by atoms with E-state index in [4.69, 9.17) is 10.2 Å². The number of nitrogens with two attached hydrogens (primary N) is 1. The van der Waals surface area contributed by atoms with Crippen molar-refractivity contribution in [1.29, 1.82) is 0 Å². The zero-order valence-electron chi connectivity index (χ0n) is 14.4. The molecule has 0 unspecified atom stereocenters. The first kappa shape index (κ1) is 17.1. The van der Waals surface area contributed by atoms with Crippen LogP contribution in [0.5, 0.6) is 0 Å². The van der Waals surface area contributed by atoms with E-state index in [0.717, 1.165) is 19.3 Å². The molecule has 0 atom stereocenters. The maximum Gasteiger partial charge on any atom is 0.304 e. The number of halogens is 1. The summed E-state index contributed by atoms with van der Waals surface area (Å²) in [4.78, 5) is 19.1. The van der Waals surface area contributed by atoms with Gasteiger partial charge in [0, 0.05) is 18.2 Å². The smallest absolute Gasteiger partial charge is 0.304 e. The predicted octanol–water partition coefficient (Wildman–Crippen LogP) is 2.30. The number of oxazole rings is 1. The lowest BCUT2D eigenvalue weighted by molar-refractivity contribution is 0.0968. The number of pyridine rings is 1. The number of carbonyl (C=O) groups excluding carboxylic acids is 1. The van der Waals surface area contributed by atoms with Gasteiger partial charge in [-0.05, 0) is 37.1 Å². The van der Waals surface area contributed by atoms with Crippen molar-refractivity contribution in [1.82, 2.24) is 20.2 Å². The molecule has 0 aliphatic heterocycles. The van der Waals surface area contributed by atoms with Gasteiger partial charge in [-0.3, -0.25) is 9.78 Å². The van der Waals surface area contributed by atoms with Crippen molar-refractivity contribution in [3.05, 3.63) is 54.1 Å². The Kier molecular flexibility index (Phi) is 4.27. The number of rotatable bonds is 6. The van der Waals surface area contributed by atoms with Gasteiger partial charge in [0.15, 0.2) is 5.76 Å². The Balaban J connectivity index is 1.47. The van der Waals surface area contributed by atoms with Crippen molar-refractivity contribution in [2.24, 2.45) is 5.73 Å². The molecule has 0 radical (unpaired) electrons. The van der Waals surface area contributed by atoms with Crippen LogP contribution in [-0.4, -0.2) is 32.6 Å². The number of carbonyl (C=O) groups is 1. The van der Waals surface area contributed by atoms with Gasteiger partial charge in [-0.25, -0.2) is 9.37 Å². The number of amides is 1. The summed E-state index contributed by atoms with van der Waals surface area (Å²) in [5.41, 5.74) is 5.71. The molecular formula is C18H17FN6O2. The summed E-state index contributed by atoms with van der Waals surface area (Å²) in [6.07, 6.45) is 5.76. The van der Waals surface area contributed by atoms with Crippen LogP contribution in [0.15, 0.2) is 41.1 Å². The first-order valence-electron chi connectivity index (χ1n) is 8.52. The van der Waals surface area contributed by atoms with E-state index >= 15 is 0 Å². The molecule has 9 heteroatoms. The molecule has 3 heterocycles. The van der Waals surface area contributed by atoms with Gasteiger partial charge in [0.2, 0.25) is 0 Å². The molecule has 0 bridgehead atoms. The van der Waals surface area contributed by atoms with Gasteiger partial charge in [-0.15, -0.1) is 10.2 Å². The van der Waals surface area contributed by atoms with Gasteiger partial charge in [0.05, 0.1) is 11.9 Å². The van der Waals surface area contributed by atoms with Crippen LogP contribution in [0, 0.1) is 5.82 Å². The Labute approximate surface area is 154 Å². The van der Waals surface area contributed by atoms with Crippen LogP contribution in [-0.2, 0) is 5.41 Å². The van der Waals surface area contributed by atoms with E-state index in [9.17, 15) is 9.18 Å². The first-order chi connectivity index (χ1) is 13.1. The number of hydrogen-bond donors (Lipinski definition) is 2. The molecule has 0 aromatic carbocycles. The van der Waals surface area contributed by atoms with E-state index < -0.39 is 5.91 Å². The molecule has 138 valence electrons. The van der Waals surface area contributed by atoms with Gasteiger partial charge in [-0.2, -0.15) is 0 Å². The molecule has 0 saturated heterocycles. The summed E-state index contributed by atoms with van der Waals surface area (Å²) in [5, 5.41) is 11.4. The van der Waals surface area contributed by atoms with Gasteiger partial charge in [0.1, 0.15) is 17.3 Å². The van der Waals surface area contributed by atoms with Gasteiger partial charge < -0.3 is 15.5 Å². The van der Waals surface area contributed by atoms with Crippen molar-refractivity contribution in [3.63, 3.8) is 0 Å². The van der Waals surface area contributed by atoms with Crippen LogP contribution >= 0.6 is 0 Å². The third kappa shape index (κ3) is 3.23. The standard InChI is InChI=1S/C18H17FN6O2/c19-11-3-1-8-21-15(11)18(6-2-7-18)10-23-14-5-4-12(24-25-14)13-9-22-17(27-13)16(20)26/h1,3-5,8-9H,2,6-7,10H2,(H2,20,26)(H,23,25). The second kappa shape index (κ2) is 6.75. The summed E-state index contributed by atoms with van der Waals surface area (Å²) in [5.74, 6) is -0.362. The van der Waals surface area contributed by atoms with E-state index in [-0.39, 0.29) is 17.1 Å². The number of primary amides is 1. The summed E-state index contributed by atoms with van der Waals surface area (Å²) < 4.78 is 19.4. The van der Waals surface area contributed by atoms with Crippen molar-refractivity contribution < 1.29 is 13.6 Å².